The Balaban J connectivity index is 0.000000169. The number of amides is 1. The van der Waals surface area contributed by atoms with E-state index in [4.69, 9.17) is 29.4 Å². The summed E-state index contributed by atoms with van der Waals surface area (Å²) >= 11 is 3.83. The quantitative estimate of drug-likeness (QED) is 0.0401. The van der Waals surface area contributed by atoms with Crippen molar-refractivity contribution < 1.29 is 66.2 Å². The van der Waals surface area contributed by atoms with Crippen LogP contribution in [0.2, 0.25) is 0 Å². The van der Waals surface area contributed by atoms with E-state index in [2.05, 4.69) is 24.5 Å². The number of halogens is 3. The maximum atomic E-state index is 13.9. The molecule has 0 bridgehead atoms. The molecule has 538 valence electrons. The Labute approximate surface area is 614 Å². The first-order valence-electron chi connectivity index (χ1n) is 33.8. The van der Waals surface area contributed by atoms with Crippen molar-refractivity contribution in [3.8, 4) is 51.7 Å². The smallest absolute Gasteiger partial charge is 0.407 e. The number of ether oxygens (including phenoxy) is 5. The summed E-state index contributed by atoms with van der Waals surface area (Å²) in [5.74, 6) is 2.22. The van der Waals surface area contributed by atoms with Crippen LogP contribution in [0.25, 0.3) is 30.3 Å². The van der Waals surface area contributed by atoms with Gasteiger partial charge in [-0.2, -0.15) is 0 Å². The van der Waals surface area contributed by atoms with Gasteiger partial charge in [0.05, 0.1) is 7.11 Å². The summed E-state index contributed by atoms with van der Waals surface area (Å²) in [7, 11) is 1.59. The van der Waals surface area contributed by atoms with Crippen LogP contribution in [-0.2, 0) is 24.0 Å². The predicted molar refractivity (Wildman–Crippen MR) is 410 cm³/mol. The first-order chi connectivity index (χ1) is 49.5. The topological polar surface area (TPSA) is 205 Å². The zero-order chi connectivity index (χ0) is 74.8. The number of thiophene rings is 3. The number of carbonyl (C=O) groups excluding carboxylic acids is 4. The number of hydrogen-bond acceptors (Lipinski definition) is 16. The summed E-state index contributed by atoms with van der Waals surface area (Å²) < 4.78 is 73.3. The van der Waals surface area contributed by atoms with Crippen molar-refractivity contribution in [1.82, 2.24) is 10.6 Å². The summed E-state index contributed by atoms with van der Waals surface area (Å²) in [4.78, 5) is 54.1. The first kappa shape index (κ1) is 76.3. The number of benzene rings is 9. The largest absolute Gasteiger partial charge is 0.508 e. The summed E-state index contributed by atoms with van der Waals surface area (Å²) in [6.07, 6.45) is 1.85. The lowest BCUT2D eigenvalue weighted by Crippen LogP contribution is -2.33. The van der Waals surface area contributed by atoms with Gasteiger partial charge in [-0.15, -0.1) is 34.0 Å². The Morgan fingerprint density at radius 2 is 0.769 bits per heavy atom. The number of nitrogens with two attached hydrogens (primary N) is 1. The third-order valence-electron chi connectivity index (χ3n) is 16.8. The minimum atomic E-state index is -0.547. The number of ketones is 3. The van der Waals surface area contributed by atoms with E-state index in [1.165, 1.54) is 76.0 Å². The number of aromatic hydroxyl groups is 2. The molecule has 104 heavy (non-hydrogen) atoms. The number of methoxy groups -OCH3 is 1. The molecule has 0 aliphatic heterocycles. The third-order valence-corrected chi connectivity index (χ3v) is 20.2. The highest BCUT2D eigenvalue weighted by atomic mass is 32.1. The van der Waals surface area contributed by atoms with E-state index in [0.717, 1.165) is 60.8 Å². The fourth-order valence-electron chi connectivity index (χ4n) is 12.0. The summed E-state index contributed by atoms with van der Waals surface area (Å²) in [5, 5.41) is 28.3. The molecule has 0 fully saturated rings. The van der Waals surface area contributed by atoms with Crippen LogP contribution >= 0.6 is 34.0 Å². The van der Waals surface area contributed by atoms with E-state index in [-0.39, 0.29) is 46.3 Å². The Morgan fingerprint density at radius 3 is 1.10 bits per heavy atom. The lowest BCUT2D eigenvalue weighted by molar-refractivity contribution is 0.0528. The molecule has 0 saturated carbocycles. The molecule has 6 N–H and O–H groups in total. The zero-order valence-electron chi connectivity index (χ0n) is 59.9. The molecule has 0 aliphatic rings. The average Bonchev–Trinajstić information content (AvgIpc) is 1.73. The average molecular weight is 1460 g/mol. The van der Waals surface area contributed by atoms with Gasteiger partial charge in [0.25, 0.3) is 0 Å². The summed E-state index contributed by atoms with van der Waals surface area (Å²) in [6, 6.07) is 47.0. The number of aryl methyl sites for hydroxylation is 6. The van der Waals surface area contributed by atoms with Crippen molar-refractivity contribution >= 4 is 87.7 Å². The van der Waals surface area contributed by atoms with Crippen LogP contribution in [0.1, 0.15) is 130 Å². The highest BCUT2D eigenvalue weighted by Gasteiger charge is 2.29. The standard InChI is InChI=1S/C31H32FNO5S.C28H28FNO3S.C25H22FNO3S/c1-18-15-21(32)16-19(2)26(18)27(34)29-28(24-12-11-23(36-6)17-25(24)39-29)37-22-9-7-20(8-10-22)13-14-33-30(35)38-31(3,4)5;1-16(2)30-12-11-19-5-8-22(9-6-19)33-27-23-10-7-21(31)15-24(23)34-28(27)26(32)25-17(3)13-20(29)14-18(25)4;1-14-11-17(26)12-15(2)22(14)23(29)25-24(20-8-5-18(28)13-21(20)31-25)30-19-6-3-16(4-7-19)9-10-27/h7-12,15-17H,13-14H2,1-6H3,(H,33,35);5-10,13-16,30-31H,11-12H2,1-4H3;3-8,11-13,28H,9-10,27H2,1-2H3. The molecule has 0 aliphatic carbocycles. The van der Waals surface area contributed by atoms with Crippen LogP contribution in [0, 0.1) is 59.0 Å². The lowest BCUT2D eigenvalue weighted by atomic mass is 9.97. The minimum Gasteiger partial charge on any atom is -0.508 e. The van der Waals surface area contributed by atoms with E-state index in [1.54, 1.807) is 85.1 Å². The summed E-state index contributed by atoms with van der Waals surface area (Å²) in [5.41, 5.74) is 13.2. The fourth-order valence-corrected chi connectivity index (χ4v) is 15.3. The van der Waals surface area contributed by atoms with Crippen LogP contribution in [0.5, 0.6) is 51.7 Å². The molecule has 0 spiro atoms. The second-order valence-corrected chi connectivity index (χ2v) is 29.7. The molecule has 3 aromatic heterocycles. The van der Waals surface area contributed by atoms with Crippen LogP contribution < -0.4 is 35.3 Å². The molecule has 0 atom stereocenters. The molecule has 0 radical (unpaired) electrons. The Kier molecular flexibility index (Phi) is 24.5. The van der Waals surface area contributed by atoms with Gasteiger partial charge in [-0.3, -0.25) is 14.4 Å². The first-order valence-corrected chi connectivity index (χ1v) is 36.3. The van der Waals surface area contributed by atoms with Crippen LogP contribution in [0.3, 0.4) is 0 Å². The Morgan fingerprint density at radius 1 is 0.452 bits per heavy atom. The number of nitrogens with one attached hydrogen (secondary N) is 2. The maximum Gasteiger partial charge on any atom is 0.407 e. The van der Waals surface area contributed by atoms with Gasteiger partial charge in [-0.05, 0) is 272 Å². The van der Waals surface area contributed by atoms with E-state index in [1.807, 2.05) is 112 Å². The third kappa shape index (κ3) is 18.7. The molecule has 1 amide bonds. The number of fused-ring (bicyclic) bond motifs is 3. The molecular weight excluding hydrogens is 1380 g/mol. The normalized spacial score (nSPS) is 11.3. The van der Waals surface area contributed by atoms with Gasteiger partial charge in [0.1, 0.15) is 72.2 Å². The number of carbonyl (C=O) groups is 4. The van der Waals surface area contributed by atoms with E-state index < -0.39 is 11.7 Å². The molecule has 9 aromatic carbocycles. The second-order valence-electron chi connectivity index (χ2n) is 26.5. The van der Waals surface area contributed by atoms with Crippen LogP contribution in [0.4, 0.5) is 18.0 Å². The van der Waals surface area contributed by atoms with Crippen molar-refractivity contribution in [1.29, 1.82) is 0 Å². The van der Waals surface area contributed by atoms with Crippen molar-refractivity contribution in [2.45, 2.75) is 107 Å². The maximum absolute atomic E-state index is 13.9. The molecule has 20 heteroatoms. The highest BCUT2D eigenvalue weighted by molar-refractivity contribution is 7.22. The van der Waals surface area contributed by atoms with Crippen molar-refractivity contribution in [3.63, 3.8) is 0 Å². The van der Waals surface area contributed by atoms with Crippen molar-refractivity contribution in [2.75, 3.05) is 26.7 Å². The van der Waals surface area contributed by atoms with Gasteiger partial charge in [-0.25, -0.2) is 18.0 Å². The van der Waals surface area contributed by atoms with Gasteiger partial charge in [0, 0.05) is 59.5 Å². The number of alkyl carbamates (subject to hydrolysis) is 1. The highest BCUT2D eigenvalue weighted by Crippen LogP contribution is 2.47. The van der Waals surface area contributed by atoms with E-state index in [9.17, 15) is 42.6 Å². The molecular formula is C84H82F3N3O11S3. The molecule has 12 aromatic rings. The van der Waals surface area contributed by atoms with Crippen molar-refractivity contribution in [2.24, 2.45) is 5.73 Å². The Hall–Kier alpha value is -10.4. The fraction of sp³-hybridized carbons (Fsp3) is 0.238. The molecule has 14 nitrogen and oxygen atoms in total. The van der Waals surface area contributed by atoms with Gasteiger partial charge in [0.15, 0.2) is 17.2 Å². The van der Waals surface area contributed by atoms with Crippen LogP contribution in [0.15, 0.2) is 164 Å². The van der Waals surface area contributed by atoms with Gasteiger partial charge >= 0.3 is 6.09 Å². The number of phenolic OH excluding ortho intramolecular Hbond substituents is 2. The molecule has 0 saturated heterocycles. The molecule has 0 unspecified atom stereocenters. The van der Waals surface area contributed by atoms with E-state index in [0.29, 0.717) is 131 Å². The molecule has 3 heterocycles. The van der Waals surface area contributed by atoms with E-state index >= 15 is 0 Å². The van der Waals surface area contributed by atoms with Gasteiger partial charge in [-0.1, -0.05) is 50.2 Å². The predicted octanol–water partition coefficient (Wildman–Crippen LogP) is 20.6. The number of hydrogen-bond donors (Lipinski definition) is 5. The second kappa shape index (κ2) is 33.4. The minimum absolute atomic E-state index is 0.111. The Bertz CT molecular complexity index is 5080. The monoisotopic (exact) mass is 1460 g/mol. The molecule has 12 rings (SSSR count). The van der Waals surface area contributed by atoms with Gasteiger partial charge in [0.2, 0.25) is 17.3 Å². The SMILES string of the molecule is COc1ccc2c(Oc3ccc(CCNC(=O)OC(C)(C)C)cc3)c(C(=O)c3c(C)cc(F)cc3C)sc2c1.Cc1cc(F)cc(C)c1C(=O)c1sc2cc(O)ccc2c1Oc1ccc(CCN)cc1.Cc1cc(F)cc(C)c1C(=O)c1sc2cc(O)ccc2c1Oc1ccc(CCNC(C)C)cc1. The van der Waals surface area contributed by atoms with Crippen LogP contribution in [-0.4, -0.2) is 72.0 Å². The summed E-state index contributed by atoms with van der Waals surface area (Å²) in [6.45, 7) is 22.0. The van der Waals surface area contributed by atoms with Gasteiger partial charge < -0.3 is 50.3 Å². The zero-order valence-corrected chi connectivity index (χ0v) is 62.4. The lowest BCUT2D eigenvalue weighted by Gasteiger charge is -2.19. The number of rotatable bonds is 22. The number of phenols is 2. The van der Waals surface area contributed by atoms with Crippen molar-refractivity contribution in [3.05, 3.63) is 263 Å².